The standard InChI is InChI=1S/C15H17N5O3/c1-17-11-12(16)18-13(15(22)23-2)19-14(11)20(9-21)8-10-6-4-3-5-7-10/h3-7,9,17H,8H2,1-2H3,(H2,16,18,19). The monoisotopic (exact) mass is 315 g/mol. The van der Waals surface area contributed by atoms with Gasteiger partial charge in [0.1, 0.15) is 5.69 Å². The molecule has 1 aromatic heterocycles. The maximum atomic E-state index is 11.7. The molecule has 0 fully saturated rings. The third kappa shape index (κ3) is 3.54. The van der Waals surface area contributed by atoms with Crippen molar-refractivity contribution in [3.8, 4) is 0 Å². The number of methoxy groups -OCH3 is 1. The molecule has 2 rings (SSSR count). The number of hydrogen-bond acceptors (Lipinski definition) is 7. The van der Waals surface area contributed by atoms with Crippen molar-refractivity contribution in [3.63, 3.8) is 0 Å². The van der Waals surface area contributed by atoms with Gasteiger partial charge >= 0.3 is 5.97 Å². The lowest BCUT2D eigenvalue weighted by atomic mass is 10.2. The van der Waals surface area contributed by atoms with Crippen molar-refractivity contribution in [2.24, 2.45) is 0 Å². The molecule has 2 aromatic rings. The van der Waals surface area contributed by atoms with Gasteiger partial charge in [0.25, 0.3) is 0 Å². The second kappa shape index (κ2) is 7.21. The molecule has 0 aliphatic rings. The van der Waals surface area contributed by atoms with Crippen LogP contribution in [0.1, 0.15) is 16.2 Å². The van der Waals surface area contributed by atoms with Crippen molar-refractivity contribution in [2.45, 2.75) is 6.54 Å². The zero-order chi connectivity index (χ0) is 16.8. The largest absolute Gasteiger partial charge is 0.463 e. The van der Waals surface area contributed by atoms with Gasteiger partial charge in [-0.2, -0.15) is 0 Å². The lowest BCUT2D eigenvalue weighted by Gasteiger charge is -2.20. The van der Waals surface area contributed by atoms with Gasteiger partial charge in [-0.1, -0.05) is 30.3 Å². The topological polar surface area (TPSA) is 110 Å². The maximum absolute atomic E-state index is 11.7. The van der Waals surface area contributed by atoms with E-state index in [1.807, 2.05) is 30.3 Å². The van der Waals surface area contributed by atoms with E-state index in [0.29, 0.717) is 12.1 Å². The highest BCUT2D eigenvalue weighted by Gasteiger charge is 2.21. The summed E-state index contributed by atoms with van der Waals surface area (Å²) in [5.74, 6) is -0.679. The summed E-state index contributed by atoms with van der Waals surface area (Å²) in [6.07, 6.45) is 0.622. The number of hydrogen-bond donors (Lipinski definition) is 2. The number of carbonyl (C=O) groups excluding carboxylic acids is 2. The third-order valence-corrected chi connectivity index (χ3v) is 3.13. The summed E-state index contributed by atoms with van der Waals surface area (Å²) in [5.41, 5.74) is 7.11. The van der Waals surface area contributed by atoms with Crippen molar-refractivity contribution in [1.82, 2.24) is 9.97 Å². The lowest BCUT2D eigenvalue weighted by Crippen LogP contribution is -2.25. The first-order valence-electron chi connectivity index (χ1n) is 6.80. The number of nitrogens with two attached hydrogens (primary N) is 1. The number of nitrogen functional groups attached to an aromatic ring is 1. The van der Waals surface area contributed by atoms with Crippen LogP contribution in [0.4, 0.5) is 17.3 Å². The van der Waals surface area contributed by atoms with Crippen LogP contribution in [0.2, 0.25) is 0 Å². The molecule has 1 heterocycles. The van der Waals surface area contributed by atoms with Gasteiger partial charge in [-0.05, 0) is 5.56 Å². The molecule has 0 spiro atoms. The van der Waals surface area contributed by atoms with Crippen LogP contribution in [0.3, 0.4) is 0 Å². The zero-order valence-electron chi connectivity index (χ0n) is 12.8. The average Bonchev–Trinajstić information content (AvgIpc) is 2.59. The molecule has 120 valence electrons. The number of rotatable bonds is 6. The smallest absolute Gasteiger partial charge is 0.376 e. The number of anilines is 3. The van der Waals surface area contributed by atoms with Gasteiger partial charge in [-0.15, -0.1) is 0 Å². The summed E-state index contributed by atoms with van der Waals surface area (Å²) in [4.78, 5) is 32.5. The highest BCUT2D eigenvalue weighted by molar-refractivity contribution is 5.91. The van der Waals surface area contributed by atoms with Crippen LogP contribution in [0.5, 0.6) is 0 Å². The molecule has 1 aromatic carbocycles. The quantitative estimate of drug-likeness (QED) is 0.605. The third-order valence-electron chi connectivity index (χ3n) is 3.13. The molecule has 23 heavy (non-hydrogen) atoms. The van der Waals surface area contributed by atoms with Crippen molar-refractivity contribution >= 4 is 29.7 Å². The number of esters is 1. The Kier molecular flexibility index (Phi) is 5.08. The van der Waals surface area contributed by atoms with Crippen LogP contribution < -0.4 is 16.0 Å². The summed E-state index contributed by atoms with van der Waals surface area (Å²) < 4.78 is 4.60. The van der Waals surface area contributed by atoms with E-state index in [4.69, 9.17) is 5.73 Å². The molecule has 0 saturated carbocycles. The van der Waals surface area contributed by atoms with E-state index in [2.05, 4.69) is 20.0 Å². The SMILES string of the molecule is CNc1c(N)nc(C(=O)OC)nc1N(C=O)Cc1ccccc1. The Hall–Kier alpha value is -3.16. The normalized spacial score (nSPS) is 10.0. The second-order valence-electron chi connectivity index (χ2n) is 4.59. The van der Waals surface area contributed by atoms with Crippen LogP contribution in [0.25, 0.3) is 0 Å². The molecule has 8 heteroatoms. The molecule has 1 amide bonds. The van der Waals surface area contributed by atoms with Crippen LogP contribution >= 0.6 is 0 Å². The van der Waals surface area contributed by atoms with E-state index >= 15 is 0 Å². The van der Waals surface area contributed by atoms with Gasteiger partial charge in [0, 0.05) is 7.05 Å². The predicted molar refractivity (Wildman–Crippen MR) is 86.0 cm³/mol. The Bertz CT molecular complexity index is 706. The molecule has 8 nitrogen and oxygen atoms in total. The van der Waals surface area contributed by atoms with Gasteiger partial charge < -0.3 is 15.8 Å². The molecule has 0 aliphatic heterocycles. The Labute approximate surface area is 133 Å². The number of nitrogens with one attached hydrogen (secondary N) is 1. The predicted octanol–water partition coefficient (Wildman–Crippen LogP) is 1.05. The fraction of sp³-hybridized carbons (Fsp3) is 0.200. The first kappa shape index (κ1) is 16.2. The van der Waals surface area contributed by atoms with Crippen molar-refractivity contribution < 1.29 is 14.3 Å². The summed E-state index contributed by atoms with van der Waals surface area (Å²) >= 11 is 0. The van der Waals surface area contributed by atoms with E-state index in [9.17, 15) is 9.59 Å². The Morgan fingerprint density at radius 1 is 1.35 bits per heavy atom. The van der Waals surface area contributed by atoms with Crippen LogP contribution in [0.15, 0.2) is 30.3 Å². The summed E-state index contributed by atoms with van der Waals surface area (Å²) in [5, 5.41) is 2.85. The molecule has 0 saturated heterocycles. The fourth-order valence-corrected chi connectivity index (χ4v) is 2.04. The van der Waals surface area contributed by atoms with Gasteiger partial charge in [0.2, 0.25) is 12.2 Å². The van der Waals surface area contributed by atoms with Gasteiger partial charge in [0.05, 0.1) is 13.7 Å². The molecule has 0 atom stereocenters. The first-order chi connectivity index (χ1) is 11.1. The minimum absolute atomic E-state index is 0.0535. The Morgan fingerprint density at radius 3 is 2.61 bits per heavy atom. The zero-order valence-corrected chi connectivity index (χ0v) is 12.8. The van der Waals surface area contributed by atoms with E-state index in [1.165, 1.54) is 12.0 Å². The molecule has 0 radical (unpaired) electrons. The lowest BCUT2D eigenvalue weighted by molar-refractivity contribution is -0.107. The molecule has 0 aliphatic carbocycles. The first-order valence-corrected chi connectivity index (χ1v) is 6.80. The molecule has 0 bridgehead atoms. The summed E-state index contributed by atoms with van der Waals surface area (Å²) in [6.45, 7) is 0.274. The van der Waals surface area contributed by atoms with Gasteiger partial charge in [0.15, 0.2) is 11.6 Å². The Morgan fingerprint density at radius 2 is 2.04 bits per heavy atom. The van der Waals surface area contributed by atoms with E-state index in [1.54, 1.807) is 7.05 Å². The molecule has 0 unspecified atom stereocenters. The van der Waals surface area contributed by atoms with Gasteiger partial charge in [-0.25, -0.2) is 14.8 Å². The highest BCUT2D eigenvalue weighted by Crippen LogP contribution is 2.28. The van der Waals surface area contributed by atoms with E-state index in [-0.39, 0.29) is 24.0 Å². The molecular formula is C15H17N5O3. The van der Waals surface area contributed by atoms with Crippen molar-refractivity contribution in [1.29, 1.82) is 0 Å². The fourth-order valence-electron chi connectivity index (χ4n) is 2.04. The minimum atomic E-state index is -0.730. The molecule has 3 N–H and O–H groups in total. The Balaban J connectivity index is 2.47. The minimum Gasteiger partial charge on any atom is -0.463 e. The number of amides is 1. The summed E-state index contributed by atoms with van der Waals surface area (Å²) in [6, 6.07) is 9.37. The van der Waals surface area contributed by atoms with Gasteiger partial charge in [-0.3, -0.25) is 9.69 Å². The van der Waals surface area contributed by atoms with Crippen LogP contribution in [0, 0.1) is 0 Å². The number of nitrogens with zero attached hydrogens (tertiary/aromatic N) is 3. The number of aromatic nitrogens is 2. The maximum Gasteiger partial charge on any atom is 0.376 e. The van der Waals surface area contributed by atoms with E-state index in [0.717, 1.165) is 5.56 Å². The highest BCUT2D eigenvalue weighted by atomic mass is 16.5. The van der Waals surface area contributed by atoms with Crippen LogP contribution in [-0.2, 0) is 16.1 Å². The number of ether oxygens (including phenoxy) is 1. The van der Waals surface area contributed by atoms with Crippen LogP contribution in [-0.4, -0.2) is 36.5 Å². The van der Waals surface area contributed by atoms with Crippen molar-refractivity contribution in [3.05, 3.63) is 41.7 Å². The summed E-state index contributed by atoms with van der Waals surface area (Å²) in [7, 11) is 2.84. The average molecular weight is 315 g/mol. The van der Waals surface area contributed by atoms with E-state index < -0.39 is 5.97 Å². The second-order valence-corrected chi connectivity index (χ2v) is 4.59. The number of benzene rings is 1. The van der Waals surface area contributed by atoms with Crippen molar-refractivity contribution in [2.75, 3.05) is 30.1 Å². The molecular weight excluding hydrogens is 298 g/mol. The number of carbonyl (C=O) groups is 2.